The summed E-state index contributed by atoms with van der Waals surface area (Å²) in [5.74, 6) is 0. The number of hydrogen-bond acceptors (Lipinski definition) is 3. The number of carbonyl (C=O) groups excluding carboxylic acids is 1. The molecule has 0 aromatic carbocycles. The van der Waals surface area contributed by atoms with E-state index in [1.807, 2.05) is 0 Å². The number of rotatable bonds is 2. The molecule has 0 aromatic rings. The van der Waals surface area contributed by atoms with E-state index in [-0.39, 0.29) is 18.2 Å². The van der Waals surface area contributed by atoms with E-state index in [9.17, 15) is 4.79 Å². The Bertz CT molecular complexity index is 265. The van der Waals surface area contributed by atoms with E-state index >= 15 is 0 Å². The molecule has 0 bridgehead atoms. The first-order chi connectivity index (χ1) is 8.75. The molecule has 0 spiro atoms. The molecule has 2 fully saturated rings. The second-order valence-electron chi connectivity index (χ2n) is 5.72. The van der Waals surface area contributed by atoms with Crippen molar-refractivity contribution in [3.05, 3.63) is 0 Å². The fraction of sp³-hybridized carbons (Fsp3) is 0.929. The Labute approximate surface area is 110 Å². The van der Waals surface area contributed by atoms with E-state index in [4.69, 9.17) is 10.5 Å². The lowest BCUT2D eigenvalue weighted by Gasteiger charge is -2.26. The molecule has 104 valence electrons. The summed E-state index contributed by atoms with van der Waals surface area (Å²) >= 11 is 0. The van der Waals surface area contributed by atoms with Crippen molar-refractivity contribution in [2.24, 2.45) is 5.73 Å². The van der Waals surface area contributed by atoms with Crippen LogP contribution in [0, 0.1) is 0 Å². The second kappa shape index (κ2) is 6.98. The Morgan fingerprint density at radius 3 is 2.28 bits per heavy atom. The van der Waals surface area contributed by atoms with Crippen LogP contribution in [0.2, 0.25) is 0 Å². The van der Waals surface area contributed by atoms with Crippen molar-refractivity contribution >= 4 is 6.09 Å². The van der Waals surface area contributed by atoms with Crippen molar-refractivity contribution in [2.45, 2.75) is 82.4 Å². The van der Waals surface area contributed by atoms with Crippen molar-refractivity contribution in [1.82, 2.24) is 5.32 Å². The molecular weight excluding hydrogens is 228 g/mol. The summed E-state index contributed by atoms with van der Waals surface area (Å²) in [4.78, 5) is 11.8. The smallest absolute Gasteiger partial charge is 0.407 e. The van der Waals surface area contributed by atoms with Gasteiger partial charge in [-0.05, 0) is 32.1 Å². The van der Waals surface area contributed by atoms with Gasteiger partial charge in [-0.2, -0.15) is 0 Å². The maximum atomic E-state index is 11.8. The lowest BCUT2D eigenvalue weighted by Crippen LogP contribution is -2.43. The molecule has 0 radical (unpaired) electrons. The normalized spacial score (nSPS) is 30.5. The molecule has 2 atom stereocenters. The highest BCUT2D eigenvalue weighted by molar-refractivity contribution is 5.67. The zero-order valence-corrected chi connectivity index (χ0v) is 11.2. The van der Waals surface area contributed by atoms with Crippen LogP contribution in [0.5, 0.6) is 0 Å². The van der Waals surface area contributed by atoms with Crippen molar-refractivity contribution < 1.29 is 9.53 Å². The van der Waals surface area contributed by atoms with Gasteiger partial charge in [0.15, 0.2) is 0 Å². The van der Waals surface area contributed by atoms with Gasteiger partial charge < -0.3 is 15.8 Å². The molecule has 0 aliphatic heterocycles. The molecule has 2 aliphatic rings. The molecule has 0 heterocycles. The summed E-state index contributed by atoms with van der Waals surface area (Å²) < 4.78 is 5.51. The maximum absolute atomic E-state index is 11.8. The number of carbonyl (C=O) groups is 1. The van der Waals surface area contributed by atoms with Crippen molar-refractivity contribution in [1.29, 1.82) is 0 Å². The van der Waals surface area contributed by atoms with Gasteiger partial charge in [-0.15, -0.1) is 0 Å². The van der Waals surface area contributed by atoms with Gasteiger partial charge in [0.1, 0.15) is 6.10 Å². The molecule has 2 rings (SSSR count). The molecule has 0 aromatic heterocycles. The molecule has 18 heavy (non-hydrogen) atoms. The Balaban J connectivity index is 1.74. The Kier molecular flexibility index (Phi) is 5.29. The predicted molar refractivity (Wildman–Crippen MR) is 71.3 cm³/mol. The van der Waals surface area contributed by atoms with E-state index in [0.717, 1.165) is 38.5 Å². The first-order valence-electron chi connectivity index (χ1n) is 7.48. The zero-order valence-electron chi connectivity index (χ0n) is 11.2. The number of nitrogens with two attached hydrogens (primary N) is 1. The number of alkyl carbamates (subject to hydrolysis) is 1. The van der Waals surface area contributed by atoms with E-state index in [1.165, 1.54) is 25.7 Å². The Morgan fingerprint density at radius 1 is 0.944 bits per heavy atom. The fourth-order valence-electron chi connectivity index (χ4n) is 3.03. The molecule has 1 amide bonds. The first kappa shape index (κ1) is 13.7. The monoisotopic (exact) mass is 254 g/mol. The summed E-state index contributed by atoms with van der Waals surface area (Å²) in [6.07, 6.45) is 10.9. The Morgan fingerprint density at radius 2 is 1.56 bits per heavy atom. The van der Waals surface area contributed by atoms with Crippen LogP contribution in [-0.4, -0.2) is 24.3 Å². The van der Waals surface area contributed by atoms with Crippen LogP contribution < -0.4 is 11.1 Å². The van der Waals surface area contributed by atoms with Crippen LogP contribution >= 0.6 is 0 Å². The zero-order chi connectivity index (χ0) is 12.8. The van der Waals surface area contributed by atoms with E-state index in [0.29, 0.717) is 6.04 Å². The van der Waals surface area contributed by atoms with Gasteiger partial charge in [0, 0.05) is 12.1 Å². The summed E-state index contributed by atoms with van der Waals surface area (Å²) in [5, 5.41) is 2.99. The average molecular weight is 254 g/mol. The van der Waals surface area contributed by atoms with Crippen LogP contribution in [-0.2, 0) is 4.74 Å². The molecular formula is C14H26N2O2. The van der Waals surface area contributed by atoms with Crippen molar-refractivity contribution in [3.63, 3.8) is 0 Å². The van der Waals surface area contributed by atoms with E-state index in [2.05, 4.69) is 5.32 Å². The molecule has 4 nitrogen and oxygen atoms in total. The third-order valence-corrected chi connectivity index (χ3v) is 4.19. The predicted octanol–water partition coefficient (Wildman–Crippen LogP) is 2.71. The van der Waals surface area contributed by atoms with Gasteiger partial charge in [0.05, 0.1) is 0 Å². The summed E-state index contributed by atoms with van der Waals surface area (Å²) in [7, 11) is 0. The maximum Gasteiger partial charge on any atom is 0.407 e. The number of hydrogen-bond donors (Lipinski definition) is 2. The summed E-state index contributed by atoms with van der Waals surface area (Å²) in [6, 6.07) is 0.331. The molecule has 0 saturated heterocycles. The van der Waals surface area contributed by atoms with Crippen LogP contribution in [0.25, 0.3) is 0 Å². The number of amides is 1. The van der Waals surface area contributed by atoms with Crippen molar-refractivity contribution in [3.8, 4) is 0 Å². The van der Waals surface area contributed by atoms with Gasteiger partial charge in [-0.1, -0.05) is 32.1 Å². The first-order valence-corrected chi connectivity index (χ1v) is 7.48. The van der Waals surface area contributed by atoms with E-state index < -0.39 is 0 Å². The molecule has 2 aliphatic carbocycles. The molecule has 2 unspecified atom stereocenters. The average Bonchev–Trinajstić information content (AvgIpc) is 2.56. The van der Waals surface area contributed by atoms with Crippen LogP contribution in [0.15, 0.2) is 0 Å². The van der Waals surface area contributed by atoms with Crippen LogP contribution in [0.3, 0.4) is 0 Å². The van der Waals surface area contributed by atoms with Crippen LogP contribution in [0.1, 0.15) is 64.2 Å². The van der Waals surface area contributed by atoms with Gasteiger partial charge in [-0.25, -0.2) is 4.79 Å². The van der Waals surface area contributed by atoms with Crippen molar-refractivity contribution in [2.75, 3.05) is 0 Å². The lowest BCUT2D eigenvalue weighted by molar-refractivity contribution is 0.0744. The highest BCUT2D eigenvalue weighted by atomic mass is 16.6. The minimum atomic E-state index is -0.260. The summed E-state index contributed by atoms with van der Waals surface area (Å²) in [5.41, 5.74) is 6.06. The fourth-order valence-corrected chi connectivity index (χ4v) is 3.03. The second-order valence-corrected chi connectivity index (χ2v) is 5.72. The molecule has 2 saturated carbocycles. The molecule has 3 N–H and O–H groups in total. The van der Waals surface area contributed by atoms with Gasteiger partial charge in [-0.3, -0.25) is 0 Å². The van der Waals surface area contributed by atoms with E-state index in [1.54, 1.807) is 0 Å². The highest BCUT2D eigenvalue weighted by Crippen LogP contribution is 2.20. The summed E-state index contributed by atoms with van der Waals surface area (Å²) in [6.45, 7) is 0. The van der Waals surface area contributed by atoms with Gasteiger partial charge >= 0.3 is 6.09 Å². The standard InChI is InChI=1S/C14H26N2O2/c15-12-9-5-2-6-10-13(12)18-14(17)16-11-7-3-1-4-8-11/h11-13H,1-10,15H2,(H,16,17). The quantitative estimate of drug-likeness (QED) is 0.745. The minimum Gasteiger partial charge on any atom is -0.445 e. The van der Waals surface area contributed by atoms with Crippen LogP contribution in [0.4, 0.5) is 4.79 Å². The third-order valence-electron chi connectivity index (χ3n) is 4.19. The topological polar surface area (TPSA) is 64.3 Å². The third kappa shape index (κ3) is 4.16. The number of ether oxygens (including phenoxy) is 1. The molecule has 4 heteroatoms. The SMILES string of the molecule is NC1CCCCCC1OC(=O)NC1CCCCC1. The minimum absolute atomic E-state index is 0.0182. The lowest BCUT2D eigenvalue weighted by atomic mass is 9.96. The van der Waals surface area contributed by atoms with Gasteiger partial charge in [0.25, 0.3) is 0 Å². The largest absolute Gasteiger partial charge is 0.445 e. The number of nitrogens with one attached hydrogen (secondary N) is 1. The Hall–Kier alpha value is -0.770. The highest BCUT2D eigenvalue weighted by Gasteiger charge is 2.25. The van der Waals surface area contributed by atoms with Gasteiger partial charge in [0.2, 0.25) is 0 Å².